The van der Waals surface area contributed by atoms with Gasteiger partial charge < -0.3 is 0 Å². The molecule has 0 amide bonds. The minimum absolute atomic E-state index is 0.0861. The van der Waals surface area contributed by atoms with E-state index in [9.17, 15) is 0 Å². The first kappa shape index (κ1) is 28.9. The maximum Gasteiger partial charge on any atom is 0.164 e. The quantitative estimate of drug-likeness (QED) is 0.190. The van der Waals surface area contributed by atoms with E-state index in [2.05, 4.69) is 128 Å². The zero-order chi connectivity index (χ0) is 33.0. The van der Waals surface area contributed by atoms with Crippen molar-refractivity contribution in [2.45, 2.75) is 19.3 Å². The van der Waals surface area contributed by atoms with E-state index in [4.69, 9.17) is 15.0 Å². The van der Waals surface area contributed by atoms with Gasteiger partial charge in [-0.25, -0.2) is 15.0 Å². The van der Waals surface area contributed by atoms with E-state index >= 15 is 0 Å². The molecular weight excluding hydrogens is 597 g/mol. The fraction of sp³-hybridized carbons (Fsp3) is 0.0667. The van der Waals surface area contributed by atoms with E-state index < -0.39 is 0 Å². The maximum absolute atomic E-state index is 5.04. The van der Waals surface area contributed by atoms with Crippen LogP contribution in [0.1, 0.15) is 25.0 Å². The molecule has 0 radical (unpaired) electrons. The predicted molar refractivity (Wildman–Crippen MR) is 200 cm³/mol. The lowest BCUT2D eigenvalue weighted by atomic mass is 9.80. The molecule has 2 heterocycles. The van der Waals surface area contributed by atoms with Crippen LogP contribution in [0.5, 0.6) is 0 Å². The van der Waals surface area contributed by atoms with Crippen molar-refractivity contribution < 1.29 is 0 Å². The number of fused-ring (bicyclic) bond motifs is 5. The Morgan fingerprint density at radius 2 is 1.04 bits per heavy atom. The molecule has 0 saturated carbocycles. The summed E-state index contributed by atoms with van der Waals surface area (Å²) in [6, 6.07) is 51.2. The summed E-state index contributed by atoms with van der Waals surface area (Å²) in [6.07, 6.45) is 3.66. The first-order valence-electron chi connectivity index (χ1n) is 16.6. The molecule has 4 nitrogen and oxygen atoms in total. The third kappa shape index (κ3) is 5.01. The van der Waals surface area contributed by atoms with Gasteiger partial charge in [0.25, 0.3) is 0 Å². The van der Waals surface area contributed by atoms with Crippen LogP contribution in [0.4, 0.5) is 0 Å². The minimum atomic E-state index is -0.0861. The molecule has 1 aliphatic rings. The van der Waals surface area contributed by atoms with Gasteiger partial charge in [-0.1, -0.05) is 141 Å². The van der Waals surface area contributed by atoms with Crippen LogP contribution in [0.2, 0.25) is 0 Å². The van der Waals surface area contributed by atoms with Gasteiger partial charge in [-0.05, 0) is 73.5 Å². The summed E-state index contributed by atoms with van der Waals surface area (Å²) >= 11 is 0. The Kier molecular flexibility index (Phi) is 6.77. The van der Waals surface area contributed by atoms with Gasteiger partial charge in [0.15, 0.2) is 17.5 Å². The number of nitrogens with zero attached hydrogens (tertiary/aromatic N) is 4. The molecule has 0 atom stereocenters. The van der Waals surface area contributed by atoms with Crippen molar-refractivity contribution in [1.82, 2.24) is 19.9 Å². The molecule has 0 saturated heterocycles. The van der Waals surface area contributed by atoms with Crippen molar-refractivity contribution >= 4 is 10.8 Å². The highest BCUT2D eigenvalue weighted by Gasteiger charge is 2.36. The summed E-state index contributed by atoms with van der Waals surface area (Å²) < 4.78 is 0. The average Bonchev–Trinajstić information content (AvgIpc) is 3.41. The first-order chi connectivity index (χ1) is 24.0. The SMILES string of the molecule is CC1(C)c2ccc(-c3cccc(-c4nc(-c5ccccc5)nc(-c5ccc(-c6cccnc6)cc5)n4)c3)cc2-c2ccc3ccccc3c21. The number of benzene rings is 6. The third-order valence-electron chi connectivity index (χ3n) is 9.80. The molecule has 0 aliphatic heterocycles. The number of pyridine rings is 1. The Morgan fingerprint density at radius 1 is 0.429 bits per heavy atom. The number of aromatic nitrogens is 4. The summed E-state index contributed by atoms with van der Waals surface area (Å²) in [7, 11) is 0. The molecule has 4 heteroatoms. The average molecular weight is 629 g/mol. The third-order valence-corrected chi connectivity index (χ3v) is 9.80. The monoisotopic (exact) mass is 628 g/mol. The number of hydrogen-bond donors (Lipinski definition) is 0. The molecule has 0 N–H and O–H groups in total. The maximum atomic E-state index is 5.04. The van der Waals surface area contributed by atoms with E-state index in [0.717, 1.165) is 33.4 Å². The molecule has 8 aromatic rings. The Labute approximate surface area is 285 Å². The van der Waals surface area contributed by atoms with Crippen molar-refractivity contribution in [1.29, 1.82) is 0 Å². The smallest absolute Gasteiger partial charge is 0.164 e. The highest BCUT2D eigenvalue weighted by molar-refractivity contribution is 5.98. The standard InChI is InChI=1S/C45H32N4/c1-45(2)40-24-22-34(27-39(40)38-23-21-30-10-6-7-16-37(30)41(38)45)33-13-8-14-35(26-33)44-48-42(31-11-4-3-5-12-31)47-43(49-44)32-19-17-29(18-20-32)36-15-9-25-46-28-36/h3-28H,1-2H3. The predicted octanol–water partition coefficient (Wildman–Crippen LogP) is 11.1. The molecule has 0 bridgehead atoms. The second-order valence-corrected chi connectivity index (χ2v) is 13.2. The lowest BCUT2D eigenvalue weighted by molar-refractivity contribution is 0.666. The van der Waals surface area contributed by atoms with E-state index in [1.807, 2.05) is 42.6 Å². The van der Waals surface area contributed by atoms with Gasteiger partial charge in [0.05, 0.1) is 0 Å². The van der Waals surface area contributed by atoms with Gasteiger partial charge in [-0.15, -0.1) is 0 Å². The summed E-state index contributed by atoms with van der Waals surface area (Å²) in [4.78, 5) is 19.3. The fourth-order valence-corrected chi connectivity index (χ4v) is 7.33. The van der Waals surface area contributed by atoms with Crippen LogP contribution in [0, 0.1) is 0 Å². The zero-order valence-corrected chi connectivity index (χ0v) is 27.3. The molecule has 0 unspecified atom stereocenters. The Bertz CT molecular complexity index is 2500. The number of hydrogen-bond acceptors (Lipinski definition) is 4. The molecule has 0 fully saturated rings. The van der Waals surface area contributed by atoms with Crippen molar-refractivity contribution in [3.05, 3.63) is 169 Å². The molecule has 232 valence electrons. The largest absolute Gasteiger partial charge is 0.264 e. The molecule has 1 aliphatic carbocycles. The summed E-state index contributed by atoms with van der Waals surface area (Å²) in [5.41, 5.74) is 12.6. The highest BCUT2D eigenvalue weighted by atomic mass is 15.0. The molecule has 9 rings (SSSR count). The van der Waals surface area contributed by atoms with Gasteiger partial charge >= 0.3 is 0 Å². The normalized spacial score (nSPS) is 12.9. The Morgan fingerprint density at radius 3 is 1.82 bits per heavy atom. The molecule has 0 spiro atoms. The van der Waals surface area contributed by atoms with E-state index in [1.165, 1.54) is 38.6 Å². The Hall–Kier alpha value is -6.26. The van der Waals surface area contributed by atoms with Crippen LogP contribution >= 0.6 is 0 Å². The van der Waals surface area contributed by atoms with Crippen molar-refractivity contribution in [3.63, 3.8) is 0 Å². The summed E-state index contributed by atoms with van der Waals surface area (Å²) in [5.74, 6) is 1.92. The zero-order valence-electron chi connectivity index (χ0n) is 27.3. The van der Waals surface area contributed by atoms with Crippen LogP contribution < -0.4 is 0 Å². The second kappa shape index (κ2) is 11.5. The molecule has 6 aromatic carbocycles. The lowest BCUT2D eigenvalue weighted by Crippen LogP contribution is -2.15. The van der Waals surface area contributed by atoms with Crippen molar-refractivity contribution in [2.75, 3.05) is 0 Å². The van der Waals surface area contributed by atoms with Crippen molar-refractivity contribution in [2.24, 2.45) is 0 Å². The first-order valence-corrected chi connectivity index (χ1v) is 16.6. The molecule has 2 aromatic heterocycles. The summed E-state index contributed by atoms with van der Waals surface area (Å²) in [5, 5.41) is 2.61. The second-order valence-electron chi connectivity index (χ2n) is 13.2. The van der Waals surface area contributed by atoms with Crippen LogP contribution in [0.15, 0.2) is 158 Å². The van der Waals surface area contributed by atoms with E-state index in [-0.39, 0.29) is 5.41 Å². The number of rotatable bonds is 5. The van der Waals surface area contributed by atoms with Gasteiger partial charge in [0, 0.05) is 34.5 Å². The van der Waals surface area contributed by atoms with Crippen LogP contribution in [-0.4, -0.2) is 19.9 Å². The lowest BCUT2D eigenvalue weighted by Gasteiger charge is -2.23. The Balaban J connectivity index is 1.13. The molecule has 49 heavy (non-hydrogen) atoms. The van der Waals surface area contributed by atoms with Gasteiger partial charge in [-0.3, -0.25) is 4.98 Å². The van der Waals surface area contributed by atoms with Crippen LogP contribution in [-0.2, 0) is 5.41 Å². The van der Waals surface area contributed by atoms with Crippen LogP contribution in [0.3, 0.4) is 0 Å². The van der Waals surface area contributed by atoms with Gasteiger partial charge in [0.2, 0.25) is 0 Å². The minimum Gasteiger partial charge on any atom is -0.264 e. The fourth-order valence-electron chi connectivity index (χ4n) is 7.33. The van der Waals surface area contributed by atoms with E-state index in [1.54, 1.807) is 6.20 Å². The topological polar surface area (TPSA) is 51.6 Å². The highest BCUT2D eigenvalue weighted by Crippen LogP contribution is 2.52. The van der Waals surface area contributed by atoms with Gasteiger partial charge in [-0.2, -0.15) is 0 Å². The van der Waals surface area contributed by atoms with Gasteiger partial charge in [0.1, 0.15) is 0 Å². The van der Waals surface area contributed by atoms with Crippen molar-refractivity contribution in [3.8, 4) is 67.5 Å². The molecular formula is C45H32N4. The summed E-state index contributed by atoms with van der Waals surface area (Å²) in [6.45, 7) is 4.69. The van der Waals surface area contributed by atoms with E-state index in [0.29, 0.717) is 17.5 Å². The van der Waals surface area contributed by atoms with Crippen LogP contribution in [0.25, 0.3) is 78.3 Å².